The van der Waals surface area contributed by atoms with Crippen LogP contribution in [0.2, 0.25) is 0 Å². The van der Waals surface area contributed by atoms with Crippen molar-refractivity contribution >= 4 is 23.3 Å². The van der Waals surface area contributed by atoms with Crippen molar-refractivity contribution in [1.82, 2.24) is 20.1 Å². The summed E-state index contributed by atoms with van der Waals surface area (Å²) in [4.78, 5) is 46.2. The molecular formula is C35H36F4N4O5. The molecule has 9 nitrogen and oxygen atoms in total. The van der Waals surface area contributed by atoms with Gasteiger partial charge in [-0.1, -0.05) is 42.5 Å². The highest BCUT2D eigenvalue weighted by molar-refractivity contribution is 5.94. The van der Waals surface area contributed by atoms with Crippen molar-refractivity contribution in [3.8, 4) is 11.5 Å². The van der Waals surface area contributed by atoms with E-state index in [0.717, 1.165) is 5.56 Å². The Morgan fingerprint density at radius 2 is 1.75 bits per heavy atom. The van der Waals surface area contributed by atoms with Crippen LogP contribution >= 0.6 is 0 Å². The molecule has 1 N–H and O–H groups in total. The van der Waals surface area contributed by atoms with E-state index < -0.39 is 30.4 Å². The summed E-state index contributed by atoms with van der Waals surface area (Å²) in [5.74, 6) is -4.03. The molecule has 1 fully saturated rings. The molecule has 254 valence electrons. The second-order valence-electron chi connectivity index (χ2n) is 11.8. The number of halogens is 4. The number of pyridine rings is 1. The third-order valence-corrected chi connectivity index (χ3v) is 8.50. The van der Waals surface area contributed by atoms with Crippen LogP contribution in [0.3, 0.4) is 0 Å². The molecule has 1 aliphatic heterocycles. The monoisotopic (exact) mass is 668 g/mol. The van der Waals surface area contributed by atoms with Gasteiger partial charge < -0.3 is 24.6 Å². The highest BCUT2D eigenvalue weighted by atomic mass is 19.3. The van der Waals surface area contributed by atoms with Crippen molar-refractivity contribution < 1.29 is 41.4 Å². The van der Waals surface area contributed by atoms with Crippen LogP contribution in [-0.4, -0.2) is 70.7 Å². The standard InChI is InChI=1S/C35H36F4N4O5/c1-22(44)43-20-25(24-11-12-30(48-34(36)37)31(18-24)47-21-23-7-4-3-5-8-23)17-29(43)32(45)40-19-26-9-6-10-28(41-26)33(46)42(2)27-13-15-35(38,39)16-14-27/h3-12,17-18,27,29,34H,13-16,19-21H2,1-2H3,(H,40,45). The molecule has 1 unspecified atom stereocenters. The summed E-state index contributed by atoms with van der Waals surface area (Å²) in [6, 6.07) is 17.1. The highest BCUT2D eigenvalue weighted by Crippen LogP contribution is 2.36. The van der Waals surface area contributed by atoms with Crippen LogP contribution in [-0.2, 0) is 22.7 Å². The van der Waals surface area contributed by atoms with Crippen molar-refractivity contribution in [2.45, 2.75) is 70.4 Å². The number of ether oxygens (including phenoxy) is 2. The van der Waals surface area contributed by atoms with E-state index in [2.05, 4.69) is 15.0 Å². The lowest BCUT2D eigenvalue weighted by molar-refractivity contribution is -0.136. The zero-order valence-electron chi connectivity index (χ0n) is 26.5. The minimum absolute atomic E-state index is 0.0398. The van der Waals surface area contributed by atoms with Crippen LogP contribution in [0, 0.1) is 0 Å². The lowest BCUT2D eigenvalue weighted by Gasteiger charge is -2.34. The lowest BCUT2D eigenvalue weighted by Crippen LogP contribution is -2.45. The number of benzene rings is 2. The van der Waals surface area contributed by atoms with Gasteiger partial charge in [0.1, 0.15) is 18.3 Å². The lowest BCUT2D eigenvalue weighted by atomic mass is 9.91. The summed E-state index contributed by atoms with van der Waals surface area (Å²) < 4.78 is 63.9. The van der Waals surface area contributed by atoms with E-state index >= 15 is 0 Å². The number of aromatic nitrogens is 1. The molecule has 2 aliphatic rings. The van der Waals surface area contributed by atoms with E-state index in [1.165, 1.54) is 34.9 Å². The van der Waals surface area contributed by atoms with Gasteiger partial charge in [0.05, 0.1) is 12.2 Å². The van der Waals surface area contributed by atoms with Gasteiger partial charge in [-0.15, -0.1) is 0 Å². The molecule has 1 aliphatic carbocycles. The zero-order chi connectivity index (χ0) is 34.4. The first-order valence-electron chi connectivity index (χ1n) is 15.5. The fourth-order valence-corrected chi connectivity index (χ4v) is 5.81. The Kier molecular flexibility index (Phi) is 10.7. The van der Waals surface area contributed by atoms with Crippen LogP contribution in [0.5, 0.6) is 11.5 Å². The molecule has 1 atom stereocenters. The largest absolute Gasteiger partial charge is 0.485 e. The fourth-order valence-electron chi connectivity index (χ4n) is 5.81. The molecule has 5 rings (SSSR count). The third kappa shape index (κ3) is 8.50. The second kappa shape index (κ2) is 14.9. The van der Waals surface area contributed by atoms with Crippen LogP contribution in [0.1, 0.15) is 59.9 Å². The van der Waals surface area contributed by atoms with Crippen molar-refractivity contribution in [3.05, 3.63) is 95.3 Å². The Bertz CT molecular complexity index is 1660. The zero-order valence-corrected chi connectivity index (χ0v) is 26.5. The van der Waals surface area contributed by atoms with E-state index in [1.807, 2.05) is 30.3 Å². The Hall–Kier alpha value is -4.94. The average Bonchev–Trinajstić information content (AvgIpc) is 3.53. The van der Waals surface area contributed by atoms with E-state index in [9.17, 15) is 31.9 Å². The van der Waals surface area contributed by atoms with E-state index in [4.69, 9.17) is 4.74 Å². The maximum absolute atomic E-state index is 13.6. The predicted molar refractivity (Wildman–Crippen MR) is 168 cm³/mol. The molecule has 13 heteroatoms. The first kappa shape index (κ1) is 34.4. The average molecular weight is 669 g/mol. The normalized spacial score (nSPS) is 17.5. The number of nitrogens with zero attached hydrogens (tertiary/aromatic N) is 3. The molecule has 2 aromatic carbocycles. The van der Waals surface area contributed by atoms with Gasteiger partial charge >= 0.3 is 6.61 Å². The third-order valence-electron chi connectivity index (χ3n) is 8.50. The van der Waals surface area contributed by atoms with Crippen LogP contribution < -0.4 is 14.8 Å². The van der Waals surface area contributed by atoms with Crippen molar-refractivity contribution in [3.63, 3.8) is 0 Å². The SMILES string of the molecule is CC(=O)N1CC(c2ccc(OC(F)F)c(OCc3ccccc3)c2)=CC1C(=O)NCc1cccc(C(=O)N(C)C2CCC(F)(F)CC2)n1. The molecule has 48 heavy (non-hydrogen) atoms. The maximum Gasteiger partial charge on any atom is 0.387 e. The number of carbonyl (C=O) groups excluding carboxylic acids is 3. The summed E-state index contributed by atoms with van der Waals surface area (Å²) >= 11 is 0. The summed E-state index contributed by atoms with van der Waals surface area (Å²) in [5.41, 5.74) is 2.50. The van der Waals surface area contributed by atoms with Gasteiger partial charge in [-0.25, -0.2) is 13.8 Å². The Morgan fingerprint density at radius 1 is 1.02 bits per heavy atom. The molecule has 0 bridgehead atoms. The van der Waals surface area contributed by atoms with Crippen molar-refractivity contribution in [1.29, 1.82) is 0 Å². The van der Waals surface area contributed by atoms with Gasteiger partial charge in [-0.2, -0.15) is 8.78 Å². The summed E-state index contributed by atoms with van der Waals surface area (Å²) in [6.07, 6.45) is 1.47. The van der Waals surface area contributed by atoms with Gasteiger partial charge in [0.25, 0.3) is 5.91 Å². The summed E-state index contributed by atoms with van der Waals surface area (Å²) in [5, 5.41) is 2.77. The molecule has 3 aromatic rings. The molecule has 1 saturated carbocycles. The first-order chi connectivity index (χ1) is 22.9. The number of alkyl halides is 4. The molecule has 2 heterocycles. The van der Waals surface area contributed by atoms with Gasteiger partial charge in [-0.3, -0.25) is 14.4 Å². The van der Waals surface area contributed by atoms with Gasteiger partial charge in [0.2, 0.25) is 17.7 Å². The summed E-state index contributed by atoms with van der Waals surface area (Å²) in [7, 11) is 1.57. The number of hydrogen-bond donors (Lipinski definition) is 1. The molecule has 0 saturated heterocycles. The van der Waals surface area contributed by atoms with E-state index in [1.54, 1.807) is 31.3 Å². The topological polar surface area (TPSA) is 101 Å². The van der Waals surface area contributed by atoms with Crippen LogP contribution in [0.25, 0.3) is 5.57 Å². The Labute approximate surface area is 275 Å². The maximum atomic E-state index is 13.6. The smallest absolute Gasteiger partial charge is 0.387 e. The number of carbonyl (C=O) groups is 3. The number of hydrogen-bond acceptors (Lipinski definition) is 6. The fraction of sp³-hybridized carbons (Fsp3) is 0.371. The predicted octanol–water partition coefficient (Wildman–Crippen LogP) is 5.84. The van der Waals surface area contributed by atoms with Crippen LogP contribution in [0.4, 0.5) is 17.6 Å². The molecule has 3 amide bonds. The van der Waals surface area contributed by atoms with Crippen LogP contribution in [0.15, 0.2) is 72.8 Å². The number of amides is 3. The van der Waals surface area contributed by atoms with E-state index in [0.29, 0.717) is 16.8 Å². The highest BCUT2D eigenvalue weighted by Gasteiger charge is 2.37. The minimum atomic E-state index is -3.07. The van der Waals surface area contributed by atoms with Crippen molar-refractivity contribution in [2.75, 3.05) is 13.6 Å². The van der Waals surface area contributed by atoms with Gasteiger partial charge in [-0.05, 0) is 59.9 Å². The van der Waals surface area contributed by atoms with Crippen molar-refractivity contribution in [2.24, 2.45) is 0 Å². The molecule has 1 aromatic heterocycles. The number of rotatable bonds is 11. The quantitative estimate of drug-likeness (QED) is 0.258. The Morgan fingerprint density at radius 3 is 2.44 bits per heavy atom. The molecule has 0 spiro atoms. The van der Waals surface area contributed by atoms with Gasteiger partial charge in [0.15, 0.2) is 11.5 Å². The summed E-state index contributed by atoms with van der Waals surface area (Å²) in [6.45, 7) is -1.58. The minimum Gasteiger partial charge on any atom is -0.485 e. The van der Waals surface area contributed by atoms with E-state index in [-0.39, 0.29) is 74.5 Å². The second-order valence-corrected chi connectivity index (χ2v) is 11.8. The number of nitrogens with one attached hydrogen (secondary N) is 1. The Balaban J connectivity index is 1.27. The molecule has 0 radical (unpaired) electrons. The molecular weight excluding hydrogens is 632 g/mol. The first-order valence-corrected chi connectivity index (χ1v) is 15.5. The van der Waals surface area contributed by atoms with Gasteiger partial charge in [0, 0.05) is 39.4 Å².